The normalized spacial score (nSPS) is 10.7. The highest BCUT2D eigenvalue weighted by Crippen LogP contribution is 2.27. The van der Waals surface area contributed by atoms with Crippen LogP contribution in [-0.4, -0.2) is 11.9 Å². The fraction of sp³-hybridized carbons (Fsp3) is 0.562. The Morgan fingerprint density at radius 2 is 1.85 bits per heavy atom. The quantitative estimate of drug-likeness (QED) is 0.703. The maximum Gasteiger partial charge on any atom is 0.224 e. The van der Waals surface area contributed by atoms with Crippen LogP contribution in [0.25, 0.3) is 0 Å². The first-order chi connectivity index (χ1) is 9.60. The molecular formula is C16H25ClN2O. The maximum absolute atomic E-state index is 11.4. The number of carbonyl (C=O) groups is 1. The fourth-order valence-electron chi connectivity index (χ4n) is 2.17. The van der Waals surface area contributed by atoms with Crippen LogP contribution < -0.4 is 10.6 Å². The number of rotatable bonds is 8. The molecule has 0 heterocycles. The van der Waals surface area contributed by atoms with E-state index in [4.69, 9.17) is 11.6 Å². The van der Waals surface area contributed by atoms with Gasteiger partial charge in [0.1, 0.15) is 0 Å². The number of carbonyl (C=O) groups excluding carboxylic acids is 1. The Labute approximate surface area is 127 Å². The molecule has 1 aromatic rings. The van der Waals surface area contributed by atoms with E-state index in [1.54, 1.807) is 0 Å². The molecule has 20 heavy (non-hydrogen) atoms. The van der Waals surface area contributed by atoms with Gasteiger partial charge in [-0.2, -0.15) is 0 Å². The highest BCUT2D eigenvalue weighted by molar-refractivity contribution is 6.33. The van der Waals surface area contributed by atoms with E-state index in [1.165, 1.54) is 0 Å². The summed E-state index contributed by atoms with van der Waals surface area (Å²) in [6, 6.07) is 5.99. The SMILES string of the molecule is CCCC(CCC)Nc1cc(NC(=O)CC)ccc1Cl. The van der Waals surface area contributed by atoms with Crippen molar-refractivity contribution < 1.29 is 4.79 Å². The Morgan fingerprint density at radius 1 is 1.20 bits per heavy atom. The fourth-order valence-corrected chi connectivity index (χ4v) is 2.34. The highest BCUT2D eigenvalue weighted by atomic mass is 35.5. The largest absolute Gasteiger partial charge is 0.381 e. The minimum absolute atomic E-state index is 0.0111. The molecule has 1 amide bonds. The third-order valence-electron chi connectivity index (χ3n) is 3.21. The Kier molecular flexibility index (Phi) is 7.45. The molecule has 1 rings (SSSR count). The topological polar surface area (TPSA) is 41.1 Å². The Bertz CT molecular complexity index is 428. The molecule has 0 aliphatic rings. The van der Waals surface area contributed by atoms with Crippen molar-refractivity contribution in [3.05, 3.63) is 23.2 Å². The summed E-state index contributed by atoms with van der Waals surface area (Å²) in [4.78, 5) is 11.4. The minimum atomic E-state index is 0.0111. The van der Waals surface area contributed by atoms with Crippen LogP contribution in [0.3, 0.4) is 0 Å². The molecule has 0 saturated carbocycles. The second-order valence-electron chi connectivity index (χ2n) is 5.01. The summed E-state index contributed by atoms with van der Waals surface area (Å²) in [6.45, 7) is 6.20. The average molecular weight is 297 g/mol. The smallest absolute Gasteiger partial charge is 0.224 e. The van der Waals surface area contributed by atoms with E-state index in [0.717, 1.165) is 37.1 Å². The van der Waals surface area contributed by atoms with Crippen LogP contribution in [0.4, 0.5) is 11.4 Å². The molecule has 4 heteroatoms. The summed E-state index contributed by atoms with van der Waals surface area (Å²) in [7, 11) is 0. The van der Waals surface area contributed by atoms with Gasteiger partial charge < -0.3 is 10.6 Å². The molecule has 0 atom stereocenters. The van der Waals surface area contributed by atoms with E-state index in [2.05, 4.69) is 24.5 Å². The molecule has 3 nitrogen and oxygen atoms in total. The number of hydrogen-bond acceptors (Lipinski definition) is 2. The molecule has 0 spiro atoms. The maximum atomic E-state index is 11.4. The molecule has 0 aliphatic heterocycles. The predicted octanol–water partition coefficient (Wildman–Crippen LogP) is 5.07. The van der Waals surface area contributed by atoms with E-state index >= 15 is 0 Å². The lowest BCUT2D eigenvalue weighted by molar-refractivity contribution is -0.115. The van der Waals surface area contributed by atoms with Crippen molar-refractivity contribution in [2.75, 3.05) is 10.6 Å². The van der Waals surface area contributed by atoms with Gasteiger partial charge >= 0.3 is 0 Å². The summed E-state index contributed by atoms with van der Waals surface area (Å²) in [5.41, 5.74) is 1.68. The van der Waals surface area contributed by atoms with Gasteiger partial charge in [0.05, 0.1) is 10.7 Å². The standard InChI is InChI=1S/C16H25ClN2O/c1-4-7-12(8-5-2)18-15-11-13(9-10-14(15)17)19-16(20)6-3/h9-12,18H,4-8H2,1-3H3,(H,19,20). The van der Waals surface area contributed by atoms with Crippen LogP contribution in [0.5, 0.6) is 0 Å². The second kappa shape index (κ2) is 8.85. The number of hydrogen-bond donors (Lipinski definition) is 2. The zero-order chi connectivity index (χ0) is 15.0. The van der Waals surface area contributed by atoms with Crippen LogP contribution in [0, 0.1) is 0 Å². The molecule has 1 aromatic carbocycles. The van der Waals surface area contributed by atoms with Crippen molar-refractivity contribution in [1.29, 1.82) is 0 Å². The number of halogens is 1. The van der Waals surface area contributed by atoms with Gasteiger partial charge in [0, 0.05) is 18.2 Å². The van der Waals surface area contributed by atoms with Gasteiger partial charge in [0.25, 0.3) is 0 Å². The lowest BCUT2D eigenvalue weighted by Crippen LogP contribution is -2.19. The Morgan fingerprint density at radius 3 is 2.40 bits per heavy atom. The Balaban J connectivity index is 2.81. The van der Waals surface area contributed by atoms with E-state index in [0.29, 0.717) is 17.5 Å². The zero-order valence-corrected chi connectivity index (χ0v) is 13.4. The molecule has 0 bridgehead atoms. The molecule has 0 unspecified atom stereocenters. The number of benzene rings is 1. The molecule has 0 aromatic heterocycles. The first-order valence-electron chi connectivity index (χ1n) is 7.46. The summed E-state index contributed by atoms with van der Waals surface area (Å²) < 4.78 is 0. The van der Waals surface area contributed by atoms with E-state index < -0.39 is 0 Å². The zero-order valence-electron chi connectivity index (χ0n) is 12.6. The summed E-state index contributed by atoms with van der Waals surface area (Å²) in [5.74, 6) is 0.0111. The van der Waals surface area contributed by atoms with Crippen LogP contribution >= 0.6 is 11.6 Å². The van der Waals surface area contributed by atoms with Gasteiger partial charge in [-0.15, -0.1) is 0 Å². The van der Waals surface area contributed by atoms with Crippen molar-refractivity contribution in [2.24, 2.45) is 0 Å². The van der Waals surface area contributed by atoms with Crippen molar-refractivity contribution in [3.8, 4) is 0 Å². The van der Waals surface area contributed by atoms with E-state index in [1.807, 2.05) is 25.1 Å². The molecule has 0 fully saturated rings. The first-order valence-corrected chi connectivity index (χ1v) is 7.84. The van der Waals surface area contributed by atoms with Gasteiger partial charge in [0.15, 0.2) is 0 Å². The monoisotopic (exact) mass is 296 g/mol. The molecule has 112 valence electrons. The predicted molar refractivity (Wildman–Crippen MR) is 87.6 cm³/mol. The number of anilines is 2. The van der Waals surface area contributed by atoms with Gasteiger partial charge in [0.2, 0.25) is 5.91 Å². The summed E-state index contributed by atoms with van der Waals surface area (Å²) >= 11 is 6.24. The minimum Gasteiger partial charge on any atom is -0.381 e. The van der Waals surface area contributed by atoms with Crippen LogP contribution in [0.1, 0.15) is 52.9 Å². The van der Waals surface area contributed by atoms with Crippen LogP contribution in [0.2, 0.25) is 5.02 Å². The number of nitrogens with one attached hydrogen (secondary N) is 2. The molecular weight excluding hydrogens is 272 g/mol. The first kappa shape index (κ1) is 16.8. The van der Waals surface area contributed by atoms with Crippen molar-refractivity contribution in [2.45, 2.75) is 58.9 Å². The third kappa shape index (κ3) is 5.41. The highest BCUT2D eigenvalue weighted by Gasteiger charge is 2.10. The van der Waals surface area contributed by atoms with Crippen molar-refractivity contribution in [3.63, 3.8) is 0 Å². The summed E-state index contributed by atoms with van der Waals surface area (Å²) in [6.07, 6.45) is 4.99. The lowest BCUT2D eigenvalue weighted by Gasteiger charge is -2.20. The second-order valence-corrected chi connectivity index (χ2v) is 5.42. The molecule has 2 N–H and O–H groups in total. The van der Waals surface area contributed by atoms with Gasteiger partial charge in [-0.3, -0.25) is 4.79 Å². The van der Waals surface area contributed by atoms with Gasteiger partial charge in [-0.05, 0) is 31.0 Å². The molecule has 0 aliphatic carbocycles. The van der Waals surface area contributed by atoms with E-state index in [9.17, 15) is 4.79 Å². The lowest BCUT2D eigenvalue weighted by atomic mass is 10.1. The van der Waals surface area contributed by atoms with Gasteiger partial charge in [-0.25, -0.2) is 0 Å². The average Bonchev–Trinajstić information content (AvgIpc) is 2.43. The molecule has 0 saturated heterocycles. The van der Waals surface area contributed by atoms with Crippen LogP contribution in [0.15, 0.2) is 18.2 Å². The van der Waals surface area contributed by atoms with Crippen LogP contribution in [-0.2, 0) is 4.79 Å². The molecule has 0 radical (unpaired) electrons. The van der Waals surface area contributed by atoms with Gasteiger partial charge in [-0.1, -0.05) is 45.2 Å². The van der Waals surface area contributed by atoms with Crippen molar-refractivity contribution >= 4 is 28.9 Å². The van der Waals surface area contributed by atoms with E-state index in [-0.39, 0.29) is 5.91 Å². The summed E-state index contributed by atoms with van der Waals surface area (Å²) in [5, 5.41) is 7.05. The van der Waals surface area contributed by atoms with Crippen molar-refractivity contribution in [1.82, 2.24) is 0 Å². The Hall–Kier alpha value is -1.22. The third-order valence-corrected chi connectivity index (χ3v) is 3.53. The number of amides is 1.